The van der Waals surface area contributed by atoms with Crippen LogP contribution in [0.4, 0.5) is 4.39 Å². The fourth-order valence-corrected chi connectivity index (χ4v) is 3.48. The Morgan fingerprint density at radius 1 is 1.21 bits per heavy atom. The molecule has 0 amide bonds. The molecule has 1 saturated carbocycles. The van der Waals surface area contributed by atoms with E-state index >= 15 is 0 Å². The van der Waals surface area contributed by atoms with Crippen LogP contribution in [0.1, 0.15) is 42.8 Å². The first kappa shape index (κ1) is 15.3. The average molecular weight is 345 g/mol. The molecule has 0 N–H and O–H groups in total. The van der Waals surface area contributed by atoms with Crippen molar-refractivity contribution in [2.45, 2.75) is 43.1 Å². The highest BCUT2D eigenvalue weighted by atomic mass is 32.2. The molecular formula is C16H16FN5OS. The van der Waals surface area contributed by atoms with Crippen LogP contribution in [0.2, 0.25) is 0 Å². The number of aryl methyl sites for hydroxylation is 1. The summed E-state index contributed by atoms with van der Waals surface area (Å²) < 4.78 is 21.7. The van der Waals surface area contributed by atoms with Gasteiger partial charge in [0.25, 0.3) is 0 Å². The summed E-state index contributed by atoms with van der Waals surface area (Å²) in [5, 5.41) is 17.1. The number of benzene rings is 1. The van der Waals surface area contributed by atoms with E-state index in [9.17, 15) is 4.39 Å². The lowest BCUT2D eigenvalue weighted by atomic mass is 10.2. The molecule has 4 rings (SSSR count). The second-order valence-electron chi connectivity index (χ2n) is 5.81. The van der Waals surface area contributed by atoms with Crippen molar-refractivity contribution in [2.75, 3.05) is 0 Å². The molecule has 1 aromatic carbocycles. The molecule has 2 heterocycles. The zero-order chi connectivity index (χ0) is 16.7. The Hall–Kier alpha value is -2.22. The minimum absolute atomic E-state index is 0.0543. The van der Waals surface area contributed by atoms with E-state index in [-0.39, 0.29) is 11.1 Å². The van der Waals surface area contributed by atoms with Crippen molar-refractivity contribution in [3.63, 3.8) is 0 Å². The molecule has 1 atom stereocenters. The monoisotopic (exact) mass is 345 g/mol. The Morgan fingerprint density at radius 2 is 2.00 bits per heavy atom. The van der Waals surface area contributed by atoms with E-state index in [1.54, 1.807) is 25.1 Å². The lowest BCUT2D eigenvalue weighted by molar-refractivity contribution is 0.469. The van der Waals surface area contributed by atoms with Crippen LogP contribution in [0.15, 0.2) is 33.8 Å². The number of halogens is 1. The third kappa shape index (κ3) is 2.82. The Kier molecular flexibility index (Phi) is 3.84. The van der Waals surface area contributed by atoms with Gasteiger partial charge in [-0.3, -0.25) is 4.57 Å². The zero-order valence-electron chi connectivity index (χ0n) is 13.3. The smallest absolute Gasteiger partial charge is 0.229 e. The summed E-state index contributed by atoms with van der Waals surface area (Å²) in [4.78, 5) is 0. The highest BCUT2D eigenvalue weighted by Gasteiger charge is 2.32. The summed E-state index contributed by atoms with van der Waals surface area (Å²) in [6.07, 6.45) is 2.11. The van der Waals surface area contributed by atoms with Gasteiger partial charge < -0.3 is 4.42 Å². The first-order valence-corrected chi connectivity index (χ1v) is 8.68. The van der Waals surface area contributed by atoms with Crippen molar-refractivity contribution in [3.05, 3.63) is 41.9 Å². The first-order valence-electron chi connectivity index (χ1n) is 7.80. The number of nitrogens with zero attached hydrogens (tertiary/aromatic N) is 5. The topological polar surface area (TPSA) is 69.6 Å². The van der Waals surface area contributed by atoms with Crippen LogP contribution in [0, 0.1) is 12.7 Å². The van der Waals surface area contributed by atoms with Gasteiger partial charge in [-0.05, 0) is 31.9 Å². The molecule has 6 nitrogen and oxygen atoms in total. The molecule has 1 unspecified atom stereocenters. The molecule has 0 spiro atoms. The molecule has 1 aliphatic carbocycles. The Morgan fingerprint density at radius 3 is 2.67 bits per heavy atom. The molecular weight excluding hydrogens is 329 g/mol. The van der Waals surface area contributed by atoms with E-state index in [1.807, 2.05) is 11.5 Å². The number of hydrogen-bond donors (Lipinski definition) is 0. The van der Waals surface area contributed by atoms with Crippen LogP contribution in [0.3, 0.4) is 0 Å². The highest BCUT2D eigenvalue weighted by molar-refractivity contribution is 7.99. The van der Waals surface area contributed by atoms with Crippen LogP contribution in [0.5, 0.6) is 0 Å². The lowest BCUT2D eigenvalue weighted by Crippen LogP contribution is -2.02. The third-order valence-electron chi connectivity index (χ3n) is 3.86. The molecule has 0 bridgehead atoms. The highest BCUT2D eigenvalue weighted by Crippen LogP contribution is 2.43. The van der Waals surface area contributed by atoms with Gasteiger partial charge in [0.05, 0.1) is 10.8 Å². The first-order chi connectivity index (χ1) is 11.6. The van der Waals surface area contributed by atoms with Gasteiger partial charge >= 0.3 is 0 Å². The van der Waals surface area contributed by atoms with Crippen molar-refractivity contribution in [1.82, 2.24) is 25.0 Å². The molecule has 0 saturated heterocycles. The maximum absolute atomic E-state index is 14.2. The molecule has 3 aromatic rings. The van der Waals surface area contributed by atoms with Crippen molar-refractivity contribution in [3.8, 4) is 11.4 Å². The van der Waals surface area contributed by atoms with E-state index in [2.05, 4.69) is 20.4 Å². The number of thioether (sulfide) groups is 1. The van der Waals surface area contributed by atoms with Crippen LogP contribution >= 0.6 is 11.8 Å². The van der Waals surface area contributed by atoms with Gasteiger partial charge in [0, 0.05) is 13.0 Å². The predicted molar refractivity (Wildman–Crippen MR) is 87.0 cm³/mol. The average Bonchev–Trinajstić information content (AvgIpc) is 3.18. The molecule has 1 aliphatic rings. The summed E-state index contributed by atoms with van der Waals surface area (Å²) >= 11 is 1.50. The lowest BCUT2D eigenvalue weighted by Gasteiger charge is -2.11. The second kappa shape index (κ2) is 6.01. The molecule has 8 heteroatoms. The maximum Gasteiger partial charge on any atom is 0.229 e. The molecule has 124 valence electrons. The summed E-state index contributed by atoms with van der Waals surface area (Å²) in [5.41, 5.74) is 0.477. The normalized spacial score (nSPS) is 15.6. The molecule has 0 aliphatic heterocycles. The van der Waals surface area contributed by atoms with Crippen molar-refractivity contribution < 1.29 is 8.81 Å². The predicted octanol–water partition coefficient (Wildman–Crippen LogP) is 3.96. The van der Waals surface area contributed by atoms with E-state index in [0.717, 1.165) is 18.0 Å². The van der Waals surface area contributed by atoms with Gasteiger partial charge in [-0.2, -0.15) is 0 Å². The van der Waals surface area contributed by atoms with Crippen LogP contribution in [0.25, 0.3) is 11.4 Å². The fourth-order valence-electron chi connectivity index (χ4n) is 2.53. The van der Waals surface area contributed by atoms with E-state index in [4.69, 9.17) is 4.42 Å². The largest absolute Gasteiger partial charge is 0.424 e. The van der Waals surface area contributed by atoms with Crippen molar-refractivity contribution in [1.29, 1.82) is 0 Å². The van der Waals surface area contributed by atoms with Crippen LogP contribution in [-0.2, 0) is 0 Å². The van der Waals surface area contributed by atoms with E-state index < -0.39 is 0 Å². The third-order valence-corrected chi connectivity index (χ3v) is 4.91. The number of aromatic nitrogens is 5. The number of rotatable bonds is 5. The zero-order valence-corrected chi connectivity index (χ0v) is 14.1. The maximum atomic E-state index is 14.2. The van der Waals surface area contributed by atoms with Gasteiger partial charge in [0.2, 0.25) is 11.8 Å². The summed E-state index contributed by atoms with van der Waals surface area (Å²) in [7, 11) is 0. The summed E-state index contributed by atoms with van der Waals surface area (Å²) in [6, 6.07) is 6.98. The van der Waals surface area contributed by atoms with E-state index in [1.165, 1.54) is 17.8 Å². The van der Waals surface area contributed by atoms with Gasteiger partial charge in [-0.25, -0.2) is 4.39 Å². The quantitative estimate of drug-likeness (QED) is 0.652. The molecule has 2 aromatic heterocycles. The fraction of sp³-hybridized carbons (Fsp3) is 0.375. The van der Waals surface area contributed by atoms with Crippen molar-refractivity contribution >= 4 is 11.8 Å². The van der Waals surface area contributed by atoms with Crippen molar-refractivity contribution in [2.24, 2.45) is 0 Å². The molecule has 1 fully saturated rings. The number of hydrogen-bond acceptors (Lipinski definition) is 6. The minimum Gasteiger partial charge on any atom is -0.424 e. The summed E-state index contributed by atoms with van der Waals surface area (Å²) in [6.45, 7) is 3.74. The second-order valence-corrected chi connectivity index (χ2v) is 7.11. The SMILES string of the molecule is Cc1nnc(C(C)Sc2nnc(-c3ccccc3F)n2C2CC2)o1. The Labute approximate surface area is 142 Å². The molecule has 0 radical (unpaired) electrons. The van der Waals surface area contributed by atoms with E-state index in [0.29, 0.717) is 29.2 Å². The Bertz CT molecular complexity index is 873. The van der Waals surface area contributed by atoms with Gasteiger partial charge in [-0.1, -0.05) is 23.9 Å². The van der Waals surface area contributed by atoms with Gasteiger partial charge in [0.1, 0.15) is 5.82 Å². The van der Waals surface area contributed by atoms with Gasteiger partial charge in [-0.15, -0.1) is 20.4 Å². The summed E-state index contributed by atoms with van der Waals surface area (Å²) in [5.74, 6) is 1.37. The minimum atomic E-state index is -0.288. The standard InChI is InChI=1S/C16H16FN5OS/c1-9(15-20-18-10(2)23-15)24-16-21-19-14(22(16)11-7-8-11)12-5-3-4-6-13(12)17/h3-6,9,11H,7-8H2,1-2H3. The van der Waals surface area contributed by atoms with Crippen LogP contribution < -0.4 is 0 Å². The van der Waals surface area contributed by atoms with Gasteiger partial charge in [0.15, 0.2) is 11.0 Å². The van der Waals surface area contributed by atoms with Crippen LogP contribution in [-0.4, -0.2) is 25.0 Å². The Balaban J connectivity index is 1.68. The molecule has 24 heavy (non-hydrogen) atoms.